The number of nitrogens with one attached hydrogen (secondary N) is 2. The van der Waals surface area contributed by atoms with Crippen LogP contribution in [0.5, 0.6) is 5.75 Å². The van der Waals surface area contributed by atoms with Gasteiger partial charge in [-0.1, -0.05) is 0 Å². The number of ether oxygens (including phenoxy) is 1. The second kappa shape index (κ2) is 8.20. The third-order valence-corrected chi connectivity index (χ3v) is 3.57. The molecule has 0 unspecified atom stereocenters. The Kier molecular flexibility index (Phi) is 6.01. The molecule has 0 atom stereocenters. The Labute approximate surface area is 149 Å². The van der Waals surface area contributed by atoms with Gasteiger partial charge in [0.15, 0.2) is 6.61 Å². The van der Waals surface area contributed by atoms with E-state index >= 15 is 0 Å². The fourth-order valence-corrected chi connectivity index (χ4v) is 2.10. The fourth-order valence-electron chi connectivity index (χ4n) is 1.71. The quantitative estimate of drug-likeness (QED) is 0.579. The maximum atomic E-state index is 12.7. The molecule has 0 bridgehead atoms. The first-order valence-electron chi connectivity index (χ1n) is 6.78. The Morgan fingerprint density at radius 2 is 1.84 bits per heavy atom. The second-order valence-corrected chi connectivity index (χ2v) is 5.52. The maximum absolute atomic E-state index is 12.7. The van der Waals surface area contributed by atoms with Gasteiger partial charge in [0.05, 0.1) is 9.40 Å². The van der Waals surface area contributed by atoms with Gasteiger partial charge in [-0.3, -0.25) is 30.6 Å². The number of rotatable bonds is 5. The van der Waals surface area contributed by atoms with E-state index in [2.05, 4.69) is 26.8 Å². The molecule has 130 valence electrons. The van der Waals surface area contributed by atoms with Gasteiger partial charge < -0.3 is 4.74 Å². The summed E-state index contributed by atoms with van der Waals surface area (Å²) in [5.41, 5.74) is 3.94. The van der Waals surface area contributed by atoms with Gasteiger partial charge in [0.1, 0.15) is 11.6 Å². The first-order valence-corrected chi connectivity index (χ1v) is 7.57. The molecule has 8 nitrogen and oxygen atoms in total. The van der Waals surface area contributed by atoms with Gasteiger partial charge in [0, 0.05) is 11.6 Å². The lowest BCUT2D eigenvalue weighted by atomic mass is 10.2. The lowest BCUT2D eigenvalue weighted by Gasteiger charge is -2.09. The number of hydrogen-bond donors (Lipinski definition) is 2. The molecule has 2 aromatic rings. The zero-order valence-corrected chi connectivity index (χ0v) is 14.1. The van der Waals surface area contributed by atoms with E-state index < -0.39 is 29.2 Å². The van der Waals surface area contributed by atoms with Crippen LogP contribution in [0, 0.1) is 15.9 Å². The summed E-state index contributed by atoms with van der Waals surface area (Å²) in [7, 11) is 0. The lowest BCUT2D eigenvalue weighted by molar-refractivity contribution is -0.385. The highest BCUT2D eigenvalue weighted by molar-refractivity contribution is 9.10. The molecule has 0 aliphatic rings. The van der Waals surface area contributed by atoms with Crippen LogP contribution in [0.1, 0.15) is 10.4 Å². The van der Waals surface area contributed by atoms with Gasteiger partial charge in [-0.2, -0.15) is 0 Å². The largest absolute Gasteiger partial charge is 0.484 e. The molecule has 0 saturated carbocycles. The molecule has 0 saturated heterocycles. The molecule has 0 aliphatic heterocycles. The van der Waals surface area contributed by atoms with Gasteiger partial charge in [0.2, 0.25) is 0 Å². The molecule has 0 aromatic heterocycles. The van der Waals surface area contributed by atoms with Gasteiger partial charge in [-0.05, 0) is 52.3 Å². The highest BCUT2D eigenvalue weighted by Crippen LogP contribution is 2.25. The molecule has 0 spiro atoms. The number of nitrogens with zero attached hydrogens (tertiary/aromatic N) is 1. The first kappa shape index (κ1) is 18.3. The fraction of sp³-hybridized carbons (Fsp3) is 0.0667. The van der Waals surface area contributed by atoms with Crippen LogP contribution in [0.3, 0.4) is 0 Å². The Hall–Kier alpha value is -3.01. The number of hydrogen-bond acceptors (Lipinski definition) is 5. The van der Waals surface area contributed by atoms with E-state index in [4.69, 9.17) is 4.74 Å². The minimum absolute atomic E-state index is 0.00495. The normalized spacial score (nSPS) is 10.0. The number of hydrazine groups is 1. The van der Waals surface area contributed by atoms with Crippen molar-refractivity contribution >= 4 is 33.4 Å². The summed E-state index contributed by atoms with van der Waals surface area (Å²) in [5, 5.41) is 10.8. The van der Waals surface area contributed by atoms with Crippen molar-refractivity contribution in [2.45, 2.75) is 0 Å². The minimum Gasteiger partial charge on any atom is -0.484 e. The van der Waals surface area contributed by atoms with Crippen molar-refractivity contribution < 1.29 is 23.6 Å². The molecular formula is C15H11BrFN3O5. The molecule has 0 fully saturated rings. The molecule has 2 N–H and O–H groups in total. The molecule has 2 amide bonds. The Morgan fingerprint density at radius 3 is 2.48 bits per heavy atom. The molecule has 2 aromatic carbocycles. The van der Waals surface area contributed by atoms with Gasteiger partial charge in [-0.15, -0.1) is 0 Å². The van der Waals surface area contributed by atoms with E-state index in [0.717, 1.165) is 6.07 Å². The summed E-state index contributed by atoms with van der Waals surface area (Å²) >= 11 is 3.01. The number of nitro groups is 1. The molecule has 0 aliphatic carbocycles. The molecule has 25 heavy (non-hydrogen) atoms. The second-order valence-electron chi connectivity index (χ2n) is 4.67. The molecule has 10 heteroatoms. The third-order valence-electron chi connectivity index (χ3n) is 2.90. The predicted octanol–water partition coefficient (Wildman–Crippen LogP) is 2.34. The van der Waals surface area contributed by atoms with Crippen molar-refractivity contribution in [1.29, 1.82) is 0 Å². The lowest BCUT2D eigenvalue weighted by Crippen LogP contribution is -2.43. The van der Waals surface area contributed by atoms with Crippen molar-refractivity contribution in [1.82, 2.24) is 10.9 Å². The number of carbonyl (C=O) groups is 2. The average molecular weight is 412 g/mol. The summed E-state index contributed by atoms with van der Waals surface area (Å²) in [4.78, 5) is 33.7. The van der Waals surface area contributed by atoms with E-state index in [1.54, 1.807) is 0 Å². The summed E-state index contributed by atoms with van der Waals surface area (Å²) in [5.74, 6) is -1.55. The van der Waals surface area contributed by atoms with Crippen molar-refractivity contribution in [2.75, 3.05) is 6.61 Å². The van der Waals surface area contributed by atoms with Crippen LogP contribution >= 0.6 is 15.9 Å². The van der Waals surface area contributed by atoms with E-state index in [0.29, 0.717) is 0 Å². The van der Waals surface area contributed by atoms with Gasteiger partial charge >= 0.3 is 0 Å². The molecule has 0 radical (unpaired) electrons. The Morgan fingerprint density at radius 1 is 1.16 bits per heavy atom. The number of benzene rings is 2. The summed E-state index contributed by atoms with van der Waals surface area (Å²) in [6.45, 7) is -0.410. The summed E-state index contributed by atoms with van der Waals surface area (Å²) < 4.78 is 18.1. The van der Waals surface area contributed by atoms with Crippen molar-refractivity contribution in [3.63, 3.8) is 0 Å². The standard InChI is InChI=1S/C15H11BrFN3O5/c16-12-6-1-9(7-13(12)20(23)24)15(22)19-18-14(21)8-25-11-4-2-10(17)3-5-11/h1-7H,8H2,(H,18,21)(H,19,22). The van der Waals surface area contributed by atoms with Crippen LogP contribution in [0.25, 0.3) is 0 Å². The number of carbonyl (C=O) groups excluding carboxylic acids is 2. The van der Waals surface area contributed by atoms with E-state index in [1.807, 2.05) is 0 Å². The minimum atomic E-state index is -0.731. The molecular weight excluding hydrogens is 401 g/mol. The Balaban J connectivity index is 1.87. The van der Waals surface area contributed by atoms with Crippen LogP contribution in [0.15, 0.2) is 46.9 Å². The molecule has 0 heterocycles. The average Bonchev–Trinajstić information content (AvgIpc) is 2.59. The molecule has 2 rings (SSSR count). The highest BCUT2D eigenvalue weighted by atomic mass is 79.9. The first-order chi connectivity index (χ1) is 11.9. The van der Waals surface area contributed by atoms with Crippen LogP contribution in [0.2, 0.25) is 0 Å². The summed E-state index contributed by atoms with van der Waals surface area (Å²) in [6, 6.07) is 8.83. The van der Waals surface area contributed by atoms with E-state index in [-0.39, 0.29) is 21.5 Å². The zero-order valence-electron chi connectivity index (χ0n) is 12.5. The highest BCUT2D eigenvalue weighted by Gasteiger charge is 2.16. The summed E-state index contributed by atoms with van der Waals surface area (Å²) in [6.07, 6.45) is 0. The van der Waals surface area contributed by atoms with Crippen LogP contribution in [0.4, 0.5) is 10.1 Å². The maximum Gasteiger partial charge on any atom is 0.284 e. The van der Waals surface area contributed by atoms with Gasteiger partial charge in [0.25, 0.3) is 17.5 Å². The van der Waals surface area contributed by atoms with E-state index in [1.165, 1.54) is 36.4 Å². The smallest absolute Gasteiger partial charge is 0.284 e. The van der Waals surface area contributed by atoms with Crippen LogP contribution < -0.4 is 15.6 Å². The van der Waals surface area contributed by atoms with Crippen LogP contribution in [-0.2, 0) is 4.79 Å². The Bertz CT molecular complexity index is 813. The number of halogens is 2. The van der Waals surface area contributed by atoms with Crippen molar-refractivity contribution in [3.8, 4) is 5.75 Å². The van der Waals surface area contributed by atoms with Gasteiger partial charge in [-0.25, -0.2) is 4.39 Å². The monoisotopic (exact) mass is 411 g/mol. The SMILES string of the molecule is O=C(COc1ccc(F)cc1)NNC(=O)c1ccc(Br)c([N+](=O)[O-])c1. The van der Waals surface area contributed by atoms with Crippen molar-refractivity contribution in [2.24, 2.45) is 0 Å². The van der Waals surface area contributed by atoms with Crippen LogP contribution in [-0.4, -0.2) is 23.3 Å². The number of amides is 2. The third kappa shape index (κ3) is 5.24. The predicted molar refractivity (Wildman–Crippen MR) is 88.3 cm³/mol. The zero-order chi connectivity index (χ0) is 18.4. The number of nitro benzene ring substituents is 1. The van der Waals surface area contributed by atoms with E-state index in [9.17, 15) is 24.1 Å². The van der Waals surface area contributed by atoms with Crippen molar-refractivity contribution in [3.05, 3.63) is 68.4 Å². The topological polar surface area (TPSA) is 111 Å².